The molecule has 4 rings (SSSR count). The minimum absolute atomic E-state index is 0.556. The van der Waals surface area contributed by atoms with Crippen molar-refractivity contribution in [2.24, 2.45) is 0 Å². The zero-order valence-corrected chi connectivity index (χ0v) is 11.1. The van der Waals surface area contributed by atoms with Crippen molar-refractivity contribution in [1.29, 1.82) is 0 Å². The topological polar surface area (TPSA) is 30.7 Å². The number of pyridine rings is 1. The SMILES string of the molecule is Clc1ccc(-c2nc3cccnc3n2C2CC2)s1. The molecule has 3 aromatic heterocycles. The van der Waals surface area contributed by atoms with E-state index < -0.39 is 0 Å². The average Bonchev–Trinajstić information content (AvgIpc) is 3.00. The minimum Gasteiger partial charge on any atom is -0.305 e. The Kier molecular flexibility index (Phi) is 2.22. The Bertz CT molecular complexity index is 727. The van der Waals surface area contributed by atoms with E-state index in [2.05, 4.69) is 9.55 Å². The Morgan fingerprint density at radius 1 is 1.28 bits per heavy atom. The van der Waals surface area contributed by atoms with Crippen molar-refractivity contribution in [3.8, 4) is 10.7 Å². The van der Waals surface area contributed by atoms with Gasteiger partial charge in [-0.25, -0.2) is 9.97 Å². The normalized spacial score (nSPS) is 15.4. The molecular weight excluding hydrogens is 266 g/mol. The second-order valence-electron chi connectivity index (χ2n) is 4.49. The molecule has 0 aromatic carbocycles. The molecule has 0 unspecified atom stereocenters. The number of thiophene rings is 1. The van der Waals surface area contributed by atoms with E-state index >= 15 is 0 Å². The van der Waals surface area contributed by atoms with Crippen LogP contribution in [0.2, 0.25) is 4.34 Å². The smallest absolute Gasteiger partial charge is 0.160 e. The molecule has 0 saturated heterocycles. The molecule has 90 valence electrons. The molecule has 18 heavy (non-hydrogen) atoms. The van der Waals surface area contributed by atoms with Crippen molar-refractivity contribution in [2.75, 3.05) is 0 Å². The molecule has 3 heterocycles. The van der Waals surface area contributed by atoms with E-state index in [0.29, 0.717) is 6.04 Å². The molecule has 0 radical (unpaired) electrons. The van der Waals surface area contributed by atoms with Crippen LogP contribution in [0.15, 0.2) is 30.5 Å². The van der Waals surface area contributed by atoms with Gasteiger partial charge in [-0.1, -0.05) is 11.6 Å². The number of rotatable bonds is 2. The maximum absolute atomic E-state index is 6.02. The number of halogens is 1. The van der Waals surface area contributed by atoms with E-state index in [0.717, 1.165) is 26.2 Å². The first-order chi connectivity index (χ1) is 8.83. The highest BCUT2D eigenvalue weighted by molar-refractivity contribution is 7.19. The molecule has 0 atom stereocenters. The van der Waals surface area contributed by atoms with Crippen LogP contribution in [0, 0.1) is 0 Å². The van der Waals surface area contributed by atoms with Gasteiger partial charge in [0.05, 0.1) is 9.21 Å². The Hall–Kier alpha value is -1.39. The van der Waals surface area contributed by atoms with Gasteiger partial charge in [-0.2, -0.15) is 0 Å². The molecule has 1 fully saturated rings. The number of hydrogen-bond acceptors (Lipinski definition) is 3. The summed E-state index contributed by atoms with van der Waals surface area (Å²) in [5.74, 6) is 1.00. The lowest BCUT2D eigenvalue weighted by Crippen LogP contribution is -1.97. The Morgan fingerprint density at radius 2 is 2.17 bits per heavy atom. The molecular formula is C13H10ClN3S. The van der Waals surface area contributed by atoms with Crippen LogP contribution in [0.1, 0.15) is 18.9 Å². The summed E-state index contributed by atoms with van der Waals surface area (Å²) in [5.41, 5.74) is 1.95. The molecule has 0 N–H and O–H groups in total. The van der Waals surface area contributed by atoms with Crippen LogP contribution >= 0.6 is 22.9 Å². The highest BCUT2D eigenvalue weighted by Gasteiger charge is 2.29. The molecule has 3 nitrogen and oxygen atoms in total. The fourth-order valence-electron chi connectivity index (χ4n) is 2.22. The molecule has 3 aromatic rings. The van der Waals surface area contributed by atoms with E-state index in [1.165, 1.54) is 12.8 Å². The lowest BCUT2D eigenvalue weighted by Gasteiger charge is -2.04. The highest BCUT2D eigenvalue weighted by atomic mass is 35.5. The van der Waals surface area contributed by atoms with Crippen molar-refractivity contribution in [2.45, 2.75) is 18.9 Å². The largest absolute Gasteiger partial charge is 0.305 e. The van der Waals surface area contributed by atoms with Crippen LogP contribution in [0.3, 0.4) is 0 Å². The van der Waals surface area contributed by atoms with Gasteiger partial charge in [-0.05, 0) is 37.1 Å². The first kappa shape index (κ1) is 10.5. The maximum atomic E-state index is 6.02. The van der Waals surface area contributed by atoms with Gasteiger partial charge >= 0.3 is 0 Å². The molecule has 1 aliphatic rings. The second kappa shape index (κ2) is 3.80. The lowest BCUT2D eigenvalue weighted by molar-refractivity contribution is 0.768. The molecule has 5 heteroatoms. The number of fused-ring (bicyclic) bond motifs is 1. The van der Waals surface area contributed by atoms with Crippen molar-refractivity contribution in [1.82, 2.24) is 14.5 Å². The van der Waals surface area contributed by atoms with Crippen molar-refractivity contribution < 1.29 is 0 Å². The molecule has 0 aliphatic heterocycles. The minimum atomic E-state index is 0.556. The molecule has 0 amide bonds. The van der Waals surface area contributed by atoms with Gasteiger partial charge in [0, 0.05) is 12.2 Å². The summed E-state index contributed by atoms with van der Waals surface area (Å²) in [4.78, 5) is 10.3. The van der Waals surface area contributed by atoms with Crippen molar-refractivity contribution >= 4 is 34.1 Å². The second-order valence-corrected chi connectivity index (χ2v) is 6.20. The number of hydrogen-bond donors (Lipinski definition) is 0. The highest BCUT2D eigenvalue weighted by Crippen LogP contribution is 2.42. The standard InChI is InChI=1S/C13H10ClN3S/c14-11-6-5-10(18-11)13-16-9-2-1-7-15-12(9)17(13)8-3-4-8/h1-2,5-8H,3-4H2. The number of nitrogens with zero attached hydrogens (tertiary/aromatic N) is 3. The predicted octanol–water partition coefficient (Wildman–Crippen LogP) is 4.15. The van der Waals surface area contributed by atoms with Gasteiger partial charge in [0.2, 0.25) is 0 Å². The third-order valence-electron chi connectivity index (χ3n) is 3.15. The molecule has 0 bridgehead atoms. The summed E-state index contributed by atoms with van der Waals surface area (Å²) in [6.07, 6.45) is 4.26. The first-order valence-corrected chi connectivity index (χ1v) is 7.11. The lowest BCUT2D eigenvalue weighted by atomic mass is 10.4. The fourth-order valence-corrected chi connectivity index (χ4v) is 3.25. The first-order valence-electron chi connectivity index (χ1n) is 5.91. The quantitative estimate of drug-likeness (QED) is 0.703. The third-order valence-corrected chi connectivity index (χ3v) is 4.38. The van der Waals surface area contributed by atoms with Gasteiger partial charge in [0.15, 0.2) is 11.5 Å². The summed E-state index contributed by atoms with van der Waals surface area (Å²) in [6, 6.07) is 8.46. The third kappa shape index (κ3) is 1.56. The van der Waals surface area contributed by atoms with Crippen LogP contribution in [-0.4, -0.2) is 14.5 Å². The van der Waals surface area contributed by atoms with Gasteiger partial charge in [0.25, 0.3) is 0 Å². The van der Waals surface area contributed by atoms with E-state index in [9.17, 15) is 0 Å². The molecule has 1 saturated carbocycles. The van der Waals surface area contributed by atoms with E-state index in [4.69, 9.17) is 16.6 Å². The summed E-state index contributed by atoms with van der Waals surface area (Å²) in [6.45, 7) is 0. The average molecular weight is 276 g/mol. The summed E-state index contributed by atoms with van der Waals surface area (Å²) >= 11 is 7.59. The summed E-state index contributed by atoms with van der Waals surface area (Å²) in [7, 11) is 0. The van der Waals surface area contributed by atoms with E-state index in [1.54, 1.807) is 11.3 Å². The van der Waals surface area contributed by atoms with Crippen LogP contribution < -0.4 is 0 Å². The van der Waals surface area contributed by atoms with E-state index in [-0.39, 0.29) is 0 Å². The fraction of sp³-hybridized carbons (Fsp3) is 0.231. The van der Waals surface area contributed by atoms with E-state index in [1.807, 2.05) is 30.5 Å². The monoisotopic (exact) mass is 275 g/mol. The molecule has 0 spiro atoms. The van der Waals surface area contributed by atoms with Gasteiger partial charge in [-0.15, -0.1) is 11.3 Å². The Morgan fingerprint density at radius 3 is 2.89 bits per heavy atom. The van der Waals surface area contributed by atoms with Crippen LogP contribution in [0.25, 0.3) is 21.9 Å². The van der Waals surface area contributed by atoms with Crippen LogP contribution in [0.4, 0.5) is 0 Å². The summed E-state index contributed by atoms with van der Waals surface area (Å²) in [5, 5.41) is 0. The van der Waals surface area contributed by atoms with Crippen LogP contribution in [0.5, 0.6) is 0 Å². The van der Waals surface area contributed by atoms with Crippen molar-refractivity contribution in [3.05, 3.63) is 34.8 Å². The zero-order chi connectivity index (χ0) is 12.1. The van der Waals surface area contributed by atoms with Crippen molar-refractivity contribution in [3.63, 3.8) is 0 Å². The van der Waals surface area contributed by atoms with Gasteiger partial charge < -0.3 is 4.57 Å². The summed E-state index contributed by atoms with van der Waals surface area (Å²) < 4.78 is 3.06. The predicted molar refractivity (Wildman–Crippen MR) is 74.1 cm³/mol. The number of aromatic nitrogens is 3. The maximum Gasteiger partial charge on any atom is 0.160 e. The Balaban J connectivity index is 2.01. The van der Waals surface area contributed by atoms with Crippen LogP contribution in [-0.2, 0) is 0 Å². The Labute approximate surface area is 113 Å². The van der Waals surface area contributed by atoms with Gasteiger partial charge in [-0.3, -0.25) is 0 Å². The number of imidazole rings is 1. The molecule has 1 aliphatic carbocycles. The van der Waals surface area contributed by atoms with Gasteiger partial charge in [0.1, 0.15) is 5.52 Å². The zero-order valence-electron chi connectivity index (χ0n) is 9.51.